The third-order valence-electron chi connectivity index (χ3n) is 3.65. The van der Waals surface area contributed by atoms with E-state index in [4.69, 9.17) is 11.6 Å². The number of Topliss-reactive ketones (excluding diaryl/α,β-unsaturated/α-hetero) is 1. The van der Waals surface area contributed by atoms with Gasteiger partial charge in [-0.3, -0.25) is 4.79 Å². The van der Waals surface area contributed by atoms with E-state index in [0.717, 1.165) is 17.1 Å². The summed E-state index contributed by atoms with van der Waals surface area (Å²) in [6.45, 7) is 9.87. The fraction of sp³-hybridized carbons (Fsp3) is 0.353. The lowest BCUT2D eigenvalue weighted by atomic mass is 10.1. The Morgan fingerprint density at radius 3 is 2.35 bits per heavy atom. The first-order valence-electron chi connectivity index (χ1n) is 6.77. The number of aromatic nitrogens is 1. The Hall–Kier alpha value is -1.54. The summed E-state index contributed by atoms with van der Waals surface area (Å²) in [6, 6.07) is 8.27. The van der Waals surface area contributed by atoms with Gasteiger partial charge < -0.3 is 4.57 Å². The van der Waals surface area contributed by atoms with Crippen molar-refractivity contribution in [3.05, 3.63) is 52.3 Å². The summed E-state index contributed by atoms with van der Waals surface area (Å²) in [6.07, 6.45) is 0. The predicted molar refractivity (Wildman–Crippen MR) is 84.4 cm³/mol. The number of ketones is 1. The minimum atomic E-state index is -0.497. The Bertz CT molecular complexity index is 668. The highest BCUT2D eigenvalue weighted by molar-refractivity contribution is 6.33. The van der Waals surface area contributed by atoms with Crippen LogP contribution in [0.15, 0.2) is 24.3 Å². The highest BCUT2D eigenvalue weighted by Crippen LogP contribution is 2.25. The summed E-state index contributed by atoms with van der Waals surface area (Å²) < 4.78 is 2.13. The highest BCUT2D eigenvalue weighted by atomic mass is 35.5. The molecule has 0 N–H and O–H groups in total. The molecule has 1 heterocycles. The maximum atomic E-state index is 12.2. The van der Waals surface area contributed by atoms with Gasteiger partial charge in [-0.25, -0.2) is 0 Å². The Kier molecular flexibility index (Phi) is 4.05. The number of rotatable bonds is 3. The zero-order valence-electron chi connectivity index (χ0n) is 12.6. The van der Waals surface area contributed by atoms with Crippen LogP contribution in [0.3, 0.4) is 0 Å². The first-order valence-corrected chi connectivity index (χ1v) is 7.21. The molecule has 0 saturated carbocycles. The van der Waals surface area contributed by atoms with Crippen molar-refractivity contribution in [2.75, 3.05) is 0 Å². The molecule has 1 unspecified atom stereocenters. The van der Waals surface area contributed by atoms with E-state index >= 15 is 0 Å². The molecule has 2 rings (SSSR count). The lowest BCUT2D eigenvalue weighted by Gasteiger charge is -2.13. The van der Waals surface area contributed by atoms with Crippen molar-refractivity contribution < 1.29 is 4.79 Å². The maximum Gasteiger partial charge on any atom is 0.182 e. The molecule has 0 radical (unpaired) electrons. The molecule has 0 aliphatic heterocycles. The quantitative estimate of drug-likeness (QED) is 0.601. The zero-order valence-corrected chi connectivity index (χ0v) is 13.4. The van der Waals surface area contributed by atoms with Crippen LogP contribution in [0.25, 0.3) is 5.69 Å². The molecule has 3 heteroatoms. The van der Waals surface area contributed by atoms with E-state index in [1.165, 1.54) is 11.1 Å². The van der Waals surface area contributed by atoms with Gasteiger partial charge in [0, 0.05) is 22.6 Å². The zero-order chi connectivity index (χ0) is 15.0. The number of halogens is 1. The van der Waals surface area contributed by atoms with Gasteiger partial charge in [0.1, 0.15) is 0 Å². The topological polar surface area (TPSA) is 22.0 Å². The molecule has 0 bridgehead atoms. The van der Waals surface area contributed by atoms with Crippen molar-refractivity contribution in [3.8, 4) is 5.69 Å². The molecule has 0 amide bonds. The number of benzene rings is 1. The molecule has 2 aromatic rings. The third-order valence-corrected chi connectivity index (χ3v) is 3.85. The van der Waals surface area contributed by atoms with Crippen molar-refractivity contribution in [3.63, 3.8) is 0 Å². The lowest BCUT2D eigenvalue weighted by Crippen LogP contribution is -2.12. The van der Waals surface area contributed by atoms with Crippen molar-refractivity contribution >= 4 is 17.4 Å². The van der Waals surface area contributed by atoms with E-state index in [2.05, 4.69) is 36.6 Å². The molecule has 1 aromatic carbocycles. The number of carbonyl (C=O) groups excluding carboxylic acids is 1. The minimum Gasteiger partial charge on any atom is -0.317 e. The first-order chi connectivity index (χ1) is 9.32. The minimum absolute atomic E-state index is 0.0178. The number of hydrogen-bond donors (Lipinski definition) is 0. The van der Waals surface area contributed by atoms with Crippen molar-refractivity contribution in [2.24, 2.45) is 0 Å². The van der Waals surface area contributed by atoms with Gasteiger partial charge in [-0.05, 0) is 52.3 Å². The van der Waals surface area contributed by atoms with Gasteiger partial charge in [-0.15, -0.1) is 11.6 Å². The van der Waals surface area contributed by atoms with Gasteiger partial charge in [-0.1, -0.05) is 17.7 Å². The SMILES string of the molecule is Cc1ccc(-n2c(C)cc(C(=O)C(C)Cl)c2C)c(C)c1. The van der Waals surface area contributed by atoms with E-state index in [-0.39, 0.29) is 5.78 Å². The summed E-state index contributed by atoms with van der Waals surface area (Å²) in [5.41, 5.74) is 6.27. The van der Waals surface area contributed by atoms with Crippen LogP contribution >= 0.6 is 11.6 Å². The van der Waals surface area contributed by atoms with E-state index in [1.807, 2.05) is 19.9 Å². The fourth-order valence-electron chi connectivity index (χ4n) is 2.65. The summed E-state index contributed by atoms with van der Waals surface area (Å²) in [5.74, 6) is -0.0178. The lowest BCUT2D eigenvalue weighted by molar-refractivity contribution is 0.0991. The van der Waals surface area contributed by atoms with Gasteiger partial charge in [0.05, 0.1) is 5.38 Å². The van der Waals surface area contributed by atoms with Gasteiger partial charge in [0.15, 0.2) is 5.78 Å². The van der Waals surface area contributed by atoms with Crippen molar-refractivity contribution in [1.82, 2.24) is 4.57 Å². The van der Waals surface area contributed by atoms with Crippen LogP contribution in [0.4, 0.5) is 0 Å². The Morgan fingerprint density at radius 1 is 1.15 bits per heavy atom. The number of aryl methyl sites for hydroxylation is 3. The molecule has 20 heavy (non-hydrogen) atoms. The van der Waals surface area contributed by atoms with E-state index < -0.39 is 5.38 Å². The third kappa shape index (κ3) is 2.53. The predicted octanol–water partition coefficient (Wildman–Crippen LogP) is 4.52. The fourth-order valence-corrected chi connectivity index (χ4v) is 2.77. The van der Waals surface area contributed by atoms with Crippen LogP contribution < -0.4 is 0 Å². The normalized spacial score (nSPS) is 12.5. The van der Waals surface area contributed by atoms with Crippen LogP contribution in [-0.2, 0) is 0 Å². The molecule has 2 nitrogen and oxygen atoms in total. The molecule has 0 aliphatic rings. The largest absolute Gasteiger partial charge is 0.317 e. The summed E-state index contributed by atoms with van der Waals surface area (Å²) in [5, 5.41) is -0.497. The molecule has 106 valence electrons. The number of alkyl halides is 1. The molecular formula is C17H20ClNO. The number of carbonyl (C=O) groups is 1. The van der Waals surface area contributed by atoms with Gasteiger partial charge in [-0.2, -0.15) is 0 Å². The summed E-state index contributed by atoms with van der Waals surface area (Å²) in [7, 11) is 0. The summed E-state index contributed by atoms with van der Waals surface area (Å²) >= 11 is 5.94. The van der Waals surface area contributed by atoms with E-state index in [0.29, 0.717) is 5.56 Å². The maximum absolute atomic E-state index is 12.2. The smallest absolute Gasteiger partial charge is 0.182 e. The second-order valence-electron chi connectivity index (χ2n) is 5.39. The number of hydrogen-bond acceptors (Lipinski definition) is 1. The second kappa shape index (κ2) is 5.45. The van der Waals surface area contributed by atoms with Crippen LogP contribution in [-0.4, -0.2) is 15.7 Å². The van der Waals surface area contributed by atoms with Gasteiger partial charge in [0.25, 0.3) is 0 Å². The Morgan fingerprint density at radius 2 is 1.80 bits per heavy atom. The first kappa shape index (κ1) is 14.9. The summed E-state index contributed by atoms with van der Waals surface area (Å²) in [4.78, 5) is 12.2. The highest BCUT2D eigenvalue weighted by Gasteiger charge is 2.20. The molecule has 0 spiro atoms. The van der Waals surface area contributed by atoms with Crippen LogP contribution in [0, 0.1) is 27.7 Å². The monoisotopic (exact) mass is 289 g/mol. The molecule has 0 saturated heterocycles. The molecule has 1 atom stereocenters. The van der Waals surface area contributed by atoms with Crippen LogP contribution in [0.5, 0.6) is 0 Å². The Labute approximate surface area is 125 Å². The Balaban J connectivity index is 2.61. The molecular weight excluding hydrogens is 270 g/mol. The van der Waals surface area contributed by atoms with Crippen LogP contribution in [0.1, 0.15) is 39.8 Å². The molecule has 1 aromatic heterocycles. The van der Waals surface area contributed by atoms with Crippen LogP contribution in [0.2, 0.25) is 0 Å². The standard InChI is InChI=1S/C17H20ClNO/c1-10-6-7-16(11(2)8-10)19-12(3)9-15(14(19)5)17(20)13(4)18/h6-9,13H,1-5H3. The average molecular weight is 290 g/mol. The second-order valence-corrected chi connectivity index (χ2v) is 6.05. The molecule has 0 aliphatic carbocycles. The van der Waals surface area contributed by atoms with Crippen molar-refractivity contribution in [2.45, 2.75) is 40.0 Å². The van der Waals surface area contributed by atoms with E-state index in [1.54, 1.807) is 6.92 Å². The van der Waals surface area contributed by atoms with Gasteiger partial charge in [0.2, 0.25) is 0 Å². The number of nitrogens with zero attached hydrogens (tertiary/aromatic N) is 1. The average Bonchev–Trinajstić information content (AvgIpc) is 2.65. The van der Waals surface area contributed by atoms with E-state index in [9.17, 15) is 4.79 Å². The van der Waals surface area contributed by atoms with Gasteiger partial charge >= 0.3 is 0 Å². The molecule has 0 fully saturated rings. The van der Waals surface area contributed by atoms with Crippen molar-refractivity contribution in [1.29, 1.82) is 0 Å².